The first-order valence-electron chi connectivity index (χ1n) is 7.35. The van der Waals surface area contributed by atoms with E-state index >= 15 is 0 Å². The summed E-state index contributed by atoms with van der Waals surface area (Å²) in [5.74, 6) is -0.0334. The van der Waals surface area contributed by atoms with Crippen molar-refractivity contribution in [3.05, 3.63) is 28.8 Å². The van der Waals surface area contributed by atoms with Crippen molar-refractivity contribution in [2.45, 2.75) is 57.8 Å². The second-order valence-corrected chi connectivity index (χ2v) is 11.8. The fourth-order valence-corrected chi connectivity index (χ4v) is 5.18. The van der Waals surface area contributed by atoms with Crippen molar-refractivity contribution in [3.63, 3.8) is 0 Å². The number of phenolic OH excluding ortho intramolecular Hbond substituents is 1. The van der Waals surface area contributed by atoms with Crippen molar-refractivity contribution in [1.29, 1.82) is 0 Å². The van der Waals surface area contributed by atoms with Crippen LogP contribution in [0.2, 0.25) is 0 Å². The summed E-state index contributed by atoms with van der Waals surface area (Å²) in [6.45, 7) is 10.8. The Kier molecular flexibility index (Phi) is 7.85. The van der Waals surface area contributed by atoms with Gasteiger partial charge in [-0.2, -0.15) is 0 Å². The summed E-state index contributed by atoms with van der Waals surface area (Å²) in [7, 11) is -10.2. The second kappa shape index (κ2) is 7.75. The van der Waals surface area contributed by atoms with Gasteiger partial charge in [0.2, 0.25) is 0 Å². The fraction of sp³-hybridized carbons (Fsp3) is 0.600. The van der Waals surface area contributed by atoms with E-state index in [4.69, 9.17) is 0 Å². The summed E-state index contributed by atoms with van der Waals surface area (Å²) in [6.07, 6.45) is 0. The molecule has 7 nitrogen and oxygen atoms in total. The summed E-state index contributed by atoms with van der Waals surface area (Å²) in [4.78, 5) is 37.9. The third-order valence-electron chi connectivity index (χ3n) is 3.68. The minimum absolute atomic E-state index is 0. The number of benzene rings is 1. The molecule has 0 amide bonds. The molecule has 1 radical (unpaired) electrons. The molecule has 139 valence electrons. The molecule has 0 aliphatic rings. The third kappa shape index (κ3) is 6.17. The zero-order valence-corrected chi connectivity index (χ0v) is 19.5. The van der Waals surface area contributed by atoms with Crippen molar-refractivity contribution < 1.29 is 33.8 Å². The van der Waals surface area contributed by atoms with Gasteiger partial charge in [-0.05, 0) is 39.7 Å². The van der Waals surface area contributed by atoms with Gasteiger partial charge in [0.25, 0.3) is 0 Å². The van der Waals surface area contributed by atoms with Crippen molar-refractivity contribution in [1.82, 2.24) is 0 Å². The molecule has 0 heterocycles. The Balaban J connectivity index is 0.00000576. The SMILES string of the molecule is CC(C)(C)c1cc(C(P(=O)(O)O)P(=O)(O)O)cc(C(C)(C)C)c1O.[Na]. The molecule has 5 N–H and O–H groups in total. The van der Waals surface area contributed by atoms with Gasteiger partial charge < -0.3 is 24.7 Å². The molecule has 1 aromatic carbocycles. The van der Waals surface area contributed by atoms with Crippen LogP contribution >= 0.6 is 15.2 Å². The van der Waals surface area contributed by atoms with Crippen LogP contribution in [-0.4, -0.2) is 54.2 Å². The maximum absolute atomic E-state index is 11.7. The molecule has 0 bridgehead atoms. The van der Waals surface area contributed by atoms with Gasteiger partial charge in [-0.3, -0.25) is 9.13 Å². The van der Waals surface area contributed by atoms with E-state index in [1.165, 1.54) is 12.1 Å². The van der Waals surface area contributed by atoms with Crippen LogP contribution < -0.4 is 0 Å². The molecule has 0 saturated heterocycles. The smallest absolute Gasteiger partial charge is 0.345 e. The predicted octanol–water partition coefficient (Wildman–Crippen LogP) is 2.96. The maximum atomic E-state index is 11.7. The quantitative estimate of drug-likeness (QED) is 0.387. The molecule has 0 aliphatic heterocycles. The van der Waals surface area contributed by atoms with Crippen molar-refractivity contribution in [2.75, 3.05) is 0 Å². The van der Waals surface area contributed by atoms with Gasteiger partial charge in [0.1, 0.15) is 5.75 Å². The van der Waals surface area contributed by atoms with Crippen LogP contribution in [0, 0.1) is 0 Å². The average molecular weight is 403 g/mol. The molecule has 0 unspecified atom stereocenters. The van der Waals surface area contributed by atoms with Crippen LogP contribution in [-0.2, 0) is 20.0 Å². The fourth-order valence-electron chi connectivity index (χ4n) is 2.53. The van der Waals surface area contributed by atoms with E-state index in [9.17, 15) is 33.8 Å². The number of rotatable bonds is 3. The molecular weight excluding hydrogens is 377 g/mol. The minimum atomic E-state index is -5.12. The van der Waals surface area contributed by atoms with Gasteiger partial charge in [-0.25, -0.2) is 0 Å². The van der Waals surface area contributed by atoms with Crippen LogP contribution in [0.25, 0.3) is 0 Å². The van der Waals surface area contributed by atoms with E-state index in [0.29, 0.717) is 11.1 Å². The zero-order chi connectivity index (χ0) is 19.3. The van der Waals surface area contributed by atoms with Crippen molar-refractivity contribution in [3.8, 4) is 5.75 Å². The Morgan fingerprint density at radius 1 is 0.800 bits per heavy atom. The number of aromatic hydroxyl groups is 1. The van der Waals surface area contributed by atoms with Crippen LogP contribution in [0.3, 0.4) is 0 Å². The van der Waals surface area contributed by atoms with Crippen LogP contribution in [0.5, 0.6) is 5.75 Å². The average Bonchev–Trinajstić information content (AvgIpc) is 2.24. The predicted molar refractivity (Wildman–Crippen MR) is 98.1 cm³/mol. The molecule has 10 heteroatoms. The minimum Gasteiger partial charge on any atom is -0.507 e. The van der Waals surface area contributed by atoms with Gasteiger partial charge in [0.15, 0.2) is 5.40 Å². The van der Waals surface area contributed by atoms with Gasteiger partial charge in [0.05, 0.1) is 0 Å². The first kappa shape index (κ1) is 25.3. The molecule has 0 spiro atoms. The van der Waals surface area contributed by atoms with E-state index < -0.39 is 31.4 Å². The maximum Gasteiger partial charge on any atom is 0.345 e. The molecule has 1 aromatic rings. The van der Waals surface area contributed by atoms with E-state index in [-0.39, 0.29) is 40.9 Å². The molecular formula is C15H26NaO7P2. The normalized spacial score (nSPS) is 13.7. The van der Waals surface area contributed by atoms with E-state index in [1.807, 2.05) is 0 Å². The molecule has 0 fully saturated rings. The molecule has 0 aromatic heterocycles. The largest absolute Gasteiger partial charge is 0.507 e. The Bertz CT molecular complexity index is 665. The summed E-state index contributed by atoms with van der Waals surface area (Å²) >= 11 is 0. The second-order valence-electron chi connectivity index (χ2n) is 8.02. The molecule has 1 rings (SSSR count). The van der Waals surface area contributed by atoms with Crippen LogP contribution in [0.4, 0.5) is 0 Å². The van der Waals surface area contributed by atoms with E-state index in [1.54, 1.807) is 41.5 Å². The first-order chi connectivity index (χ1) is 10.4. The molecule has 0 aliphatic carbocycles. The zero-order valence-electron chi connectivity index (χ0n) is 15.7. The standard InChI is InChI=1S/C15H26O7P2.Na/c1-14(2,3)10-7-9(8-11(12(10)16)15(4,5)6)13(23(17,18)19)24(20,21)22;/h7-8,13,16H,1-6H3,(H2,17,18,19)(H2,20,21,22);. The van der Waals surface area contributed by atoms with Crippen molar-refractivity contribution in [2.24, 2.45) is 0 Å². The number of phenols is 1. The van der Waals surface area contributed by atoms with Gasteiger partial charge >= 0.3 is 15.2 Å². The Morgan fingerprint density at radius 3 is 1.28 bits per heavy atom. The van der Waals surface area contributed by atoms with Gasteiger partial charge in [0, 0.05) is 29.6 Å². The Morgan fingerprint density at radius 2 is 1.08 bits per heavy atom. The summed E-state index contributed by atoms with van der Waals surface area (Å²) in [5, 5.41) is 8.33. The number of hydrogen-bond donors (Lipinski definition) is 5. The van der Waals surface area contributed by atoms with E-state index in [0.717, 1.165) is 0 Å². The van der Waals surface area contributed by atoms with Gasteiger partial charge in [-0.15, -0.1) is 0 Å². The van der Waals surface area contributed by atoms with Gasteiger partial charge in [-0.1, -0.05) is 41.5 Å². The molecule has 25 heavy (non-hydrogen) atoms. The monoisotopic (exact) mass is 403 g/mol. The van der Waals surface area contributed by atoms with E-state index in [2.05, 4.69) is 0 Å². The third-order valence-corrected chi connectivity index (χ3v) is 7.36. The van der Waals surface area contributed by atoms with Crippen LogP contribution in [0.1, 0.15) is 63.6 Å². The summed E-state index contributed by atoms with van der Waals surface area (Å²) < 4.78 is 23.5. The topological polar surface area (TPSA) is 135 Å². The number of hydrogen-bond acceptors (Lipinski definition) is 3. The molecule has 0 atom stereocenters. The van der Waals surface area contributed by atoms with Crippen molar-refractivity contribution >= 4 is 44.7 Å². The first-order valence-corrected chi connectivity index (χ1v) is 10.7. The summed E-state index contributed by atoms with van der Waals surface area (Å²) in [5.41, 5.74) is -0.610. The summed E-state index contributed by atoms with van der Waals surface area (Å²) in [6, 6.07) is 2.54. The molecule has 0 saturated carbocycles. The van der Waals surface area contributed by atoms with Crippen LogP contribution in [0.15, 0.2) is 12.1 Å². The Hall–Kier alpha value is 0.320. The Labute approximate surface area is 170 Å².